The summed E-state index contributed by atoms with van der Waals surface area (Å²) < 4.78 is 58.3. The van der Waals surface area contributed by atoms with Crippen molar-refractivity contribution in [3.05, 3.63) is 71.1 Å². The third-order valence-electron chi connectivity index (χ3n) is 4.04. The predicted octanol–water partition coefficient (Wildman–Crippen LogP) is 6.91. The van der Waals surface area contributed by atoms with Crippen LogP contribution in [0.3, 0.4) is 0 Å². The van der Waals surface area contributed by atoms with Gasteiger partial charge in [-0.2, -0.15) is 17.5 Å². The van der Waals surface area contributed by atoms with Crippen molar-refractivity contribution in [1.82, 2.24) is 9.36 Å². The molecule has 9 heteroatoms. The van der Waals surface area contributed by atoms with Gasteiger partial charge in [-0.15, -0.1) is 0 Å². The number of fused-ring (bicyclic) bond motifs is 1. The molecule has 0 fully saturated rings. The molecule has 142 valence electrons. The van der Waals surface area contributed by atoms with E-state index in [1.807, 2.05) is 0 Å². The number of aromatic nitrogens is 2. The van der Waals surface area contributed by atoms with E-state index >= 15 is 0 Å². The summed E-state index contributed by atoms with van der Waals surface area (Å²) in [5, 5.41) is 3.71. The summed E-state index contributed by atoms with van der Waals surface area (Å²) in [5.74, 6) is -0.0892. The zero-order chi connectivity index (χ0) is 19.9. The normalized spacial score (nSPS) is 11.8. The van der Waals surface area contributed by atoms with E-state index in [4.69, 9.17) is 11.6 Å². The third-order valence-corrected chi connectivity index (χ3v) is 5.16. The second-order valence-electron chi connectivity index (χ2n) is 5.89. The lowest BCUT2D eigenvalue weighted by Gasteiger charge is -2.11. The molecule has 0 radical (unpaired) electrons. The Bertz CT molecular complexity index is 1170. The van der Waals surface area contributed by atoms with Crippen molar-refractivity contribution in [1.29, 1.82) is 0 Å². The van der Waals surface area contributed by atoms with Crippen LogP contribution < -0.4 is 5.32 Å². The van der Waals surface area contributed by atoms with Gasteiger partial charge in [0.15, 0.2) is 5.82 Å². The van der Waals surface area contributed by atoms with Crippen LogP contribution in [0.25, 0.3) is 21.3 Å². The fraction of sp³-hybridized carbons (Fsp3) is 0.0526. The lowest BCUT2D eigenvalue weighted by Crippen LogP contribution is -2.08. The summed E-state index contributed by atoms with van der Waals surface area (Å²) in [4.78, 5) is 3.91. The van der Waals surface area contributed by atoms with E-state index < -0.39 is 17.6 Å². The number of pyridine rings is 1. The largest absolute Gasteiger partial charge is 0.418 e. The molecular formula is C19H10ClF4N3S. The maximum absolute atomic E-state index is 13.6. The van der Waals surface area contributed by atoms with Crippen LogP contribution in [0.2, 0.25) is 5.02 Å². The molecule has 1 N–H and O–H groups in total. The number of nitrogens with one attached hydrogen (secondary N) is 1. The number of hydrogen-bond acceptors (Lipinski definition) is 4. The van der Waals surface area contributed by atoms with E-state index in [0.29, 0.717) is 27.2 Å². The van der Waals surface area contributed by atoms with Crippen LogP contribution in [0.15, 0.2) is 54.7 Å². The quantitative estimate of drug-likeness (QED) is 0.364. The molecule has 4 rings (SSSR count). The minimum absolute atomic E-state index is 0.00848. The number of alkyl halides is 3. The van der Waals surface area contributed by atoms with Crippen LogP contribution in [-0.4, -0.2) is 9.36 Å². The predicted molar refractivity (Wildman–Crippen MR) is 103 cm³/mol. The van der Waals surface area contributed by atoms with Gasteiger partial charge in [-0.25, -0.2) is 4.39 Å². The first-order chi connectivity index (χ1) is 13.3. The highest BCUT2D eigenvalue weighted by molar-refractivity contribution is 7.13. The van der Waals surface area contributed by atoms with Gasteiger partial charge in [-0.1, -0.05) is 17.7 Å². The number of rotatable bonds is 3. The van der Waals surface area contributed by atoms with E-state index in [1.54, 1.807) is 24.3 Å². The second-order valence-corrected chi connectivity index (χ2v) is 7.11. The van der Waals surface area contributed by atoms with Crippen molar-refractivity contribution >= 4 is 44.7 Å². The van der Waals surface area contributed by atoms with Gasteiger partial charge >= 0.3 is 6.18 Å². The Morgan fingerprint density at radius 3 is 2.61 bits per heavy atom. The van der Waals surface area contributed by atoms with E-state index in [9.17, 15) is 17.6 Å². The number of hydrogen-bond donors (Lipinski definition) is 1. The van der Waals surface area contributed by atoms with Crippen molar-refractivity contribution < 1.29 is 17.6 Å². The van der Waals surface area contributed by atoms with Gasteiger partial charge in [-0.05, 0) is 54.0 Å². The molecule has 0 saturated carbocycles. The summed E-state index contributed by atoms with van der Waals surface area (Å²) in [6, 6.07) is 11.4. The highest BCUT2D eigenvalue weighted by Gasteiger charge is 2.34. The Morgan fingerprint density at radius 2 is 1.86 bits per heavy atom. The molecule has 0 spiro atoms. The maximum Gasteiger partial charge on any atom is 0.418 e. The van der Waals surface area contributed by atoms with E-state index in [2.05, 4.69) is 14.7 Å². The molecule has 4 aromatic rings. The molecule has 0 saturated heterocycles. The molecule has 3 nitrogen and oxygen atoms in total. The molecule has 0 bridgehead atoms. The second kappa shape index (κ2) is 7.03. The number of halogens is 5. The van der Waals surface area contributed by atoms with Gasteiger partial charge in [0.2, 0.25) is 0 Å². The molecule has 0 atom stereocenters. The van der Waals surface area contributed by atoms with Crippen LogP contribution in [0, 0.1) is 5.82 Å². The third kappa shape index (κ3) is 3.53. The van der Waals surface area contributed by atoms with Crippen molar-refractivity contribution in [2.24, 2.45) is 0 Å². The molecular weight excluding hydrogens is 414 g/mol. The lowest BCUT2D eigenvalue weighted by molar-refractivity contribution is -0.137. The average Bonchev–Trinajstić information content (AvgIpc) is 3.06. The Hall–Kier alpha value is -2.71. The Balaban J connectivity index is 1.72. The Kier molecular flexibility index (Phi) is 4.68. The summed E-state index contributed by atoms with van der Waals surface area (Å²) >= 11 is 6.80. The lowest BCUT2D eigenvalue weighted by atomic mass is 10.0. The Morgan fingerprint density at radius 1 is 1.04 bits per heavy atom. The zero-order valence-electron chi connectivity index (χ0n) is 13.9. The topological polar surface area (TPSA) is 37.8 Å². The van der Waals surface area contributed by atoms with Crippen LogP contribution in [0.1, 0.15) is 5.56 Å². The van der Waals surface area contributed by atoms with Crippen molar-refractivity contribution in [3.63, 3.8) is 0 Å². The van der Waals surface area contributed by atoms with Crippen LogP contribution >= 0.6 is 23.1 Å². The SMILES string of the molecule is Fc1cc(Nc2nsc3cc(-c4ncccc4C(F)(F)F)ccc23)ccc1Cl. The van der Waals surface area contributed by atoms with Gasteiger partial charge in [0.1, 0.15) is 5.82 Å². The zero-order valence-corrected chi connectivity index (χ0v) is 15.5. The first-order valence-corrected chi connectivity index (χ1v) is 9.12. The highest BCUT2D eigenvalue weighted by atomic mass is 35.5. The van der Waals surface area contributed by atoms with Crippen molar-refractivity contribution in [2.75, 3.05) is 5.32 Å². The summed E-state index contributed by atoms with van der Waals surface area (Å²) in [7, 11) is 0. The number of anilines is 2. The summed E-state index contributed by atoms with van der Waals surface area (Å²) in [6.07, 6.45) is -3.18. The van der Waals surface area contributed by atoms with Crippen molar-refractivity contribution in [3.8, 4) is 11.3 Å². The van der Waals surface area contributed by atoms with Gasteiger partial charge < -0.3 is 5.32 Å². The smallest absolute Gasteiger partial charge is 0.339 e. The molecule has 28 heavy (non-hydrogen) atoms. The molecule has 0 aliphatic rings. The molecule has 0 amide bonds. The molecule has 2 aromatic heterocycles. The minimum atomic E-state index is -4.50. The van der Waals surface area contributed by atoms with E-state index in [0.717, 1.165) is 17.6 Å². The first-order valence-electron chi connectivity index (χ1n) is 7.97. The van der Waals surface area contributed by atoms with Gasteiger partial charge in [-0.3, -0.25) is 4.98 Å². The van der Waals surface area contributed by atoms with Gasteiger partial charge in [0, 0.05) is 22.8 Å². The van der Waals surface area contributed by atoms with Crippen LogP contribution in [0.5, 0.6) is 0 Å². The fourth-order valence-electron chi connectivity index (χ4n) is 2.75. The summed E-state index contributed by atoms with van der Waals surface area (Å²) in [5.41, 5.74) is -0.135. The molecule has 2 aromatic carbocycles. The molecule has 2 heterocycles. The monoisotopic (exact) mass is 423 g/mol. The molecule has 0 aliphatic carbocycles. The minimum Gasteiger partial charge on any atom is -0.339 e. The number of nitrogens with zero attached hydrogens (tertiary/aromatic N) is 2. The Labute approximate surface area is 165 Å². The molecule has 0 aliphatic heterocycles. The van der Waals surface area contributed by atoms with Crippen LogP contribution in [-0.2, 0) is 6.18 Å². The maximum atomic E-state index is 13.6. The highest BCUT2D eigenvalue weighted by Crippen LogP contribution is 2.38. The number of benzene rings is 2. The average molecular weight is 424 g/mol. The van der Waals surface area contributed by atoms with Gasteiger partial charge in [0.05, 0.1) is 21.0 Å². The first kappa shape index (κ1) is 18.6. The standard InChI is InChI=1S/C19H10ClF4N3S/c20-14-6-4-11(9-15(14)21)26-18-12-5-3-10(8-16(12)28-27-18)17-13(19(22,23)24)2-1-7-25-17/h1-9H,(H,26,27). The fourth-order valence-corrected chi connectivity index (χ4v) is 3.64. The van der Waals surface area contributed by atoms with E-state index in [-0.39, 0.29) is 10.7 Å². The van der Waals surface area contributed by atoms with Gasteiger partial charge in [0.25, 0.3) is 0 Å². The molecule has 0 unspecified atom stereocenters. The van der Waals surface area contributed by atoms with Crippen LogP contribution in [0.4, 0.5) is 29.1 Å². The summed E-state index contributed by atoms with van der Waals surface area (Å²) in [6.45, 7) is 0. The van der Waals surface area contributed by atoms with E-state index in [1.165, 1.54) is 24.4 Å². The van der Waals surface area contributed by atoms with Crippen molar-refractivity contribution in [2.45, 2.75) is 6.18 Å².